The number of fused-ring (bicyclic) bond motifs is 1. The molecular formula is C21H25N3O3. The summed E-state index contributed by atoms with van der Waals surface area (Å²) in [5, 5.41) is 6.62. The van der Waals surface area contributed by atoms with Crippen molar-refractivity contribution in [1.82, 2.24) is 5.16 Å². The first kappa shape index (κ1) is 17.8. The molecule has 1 N–H and O–H groups in total. The minimum absolute atomic E-state index is 0.00282. The van der Waals surface area contributed by atoms with Gasteiger partial charge in [0.25, 0.3) is 0 Å². The van der Waals surface area contributed by atoms with Crippen LogP contribution < -0.4 is 10.2 Å². The van der Waals surface area contributed by atoms with Gasteiger partial charge in [0.05, 0.1) is 0 Å². The number of carbonyl (C=O) groups is 2. The van der Waals surface area contributed by atoms with Crippen molar-refractivity contribution in [3.05, 3.63) is 41.7 Å². The average molecular weight is 367 g/mol. The lowest BCUT2D eigenvalue weighted by molar-refractivity contribution is -0.126. The Bertz CT molecular complexity index is 852. The Hall–Kier alpha value is -2.63. The third-order valence-electron chi connectivity index (χ3n) is 5.77. The number of aromatic nitrogens is 1. The van der Waals surface area contributed by atoms with Crippen LogP contribution in [-0.4, -0.2) is 23.0 Å². The number of hydrogen-bond acceptors (Lipinski definition) is 4. The van der Waals surface area contributed by atoms with Crippen molar-refractivity contribution in [2.24, 2.45) is 11.8 Å². The van der Waals surface area contributed by atoms with E-state index in [0.717, 1.165) is 37.8 Å². The van der Waals surface area contributed by atoms with Crippen LogP contribution in [-0.2, 0) is 16.0 Å². The lowest BCUT2D eigenvalue weighted by Crippen LogP contribution is -2.42. The van der Waals surface area contributed by atoms with Crippen molar-refractivity contribution in [2.45, 2.75) is 52.0 Å². The standard InChI is InChI=1S/C21H25N3O3/c1-13-11-17-5-3-4-6-18(17)24(13)21(26)16-9-7-15(8-10-16)20(25)22-19-12-14(2)27-23-19/h3-6,12-13,15-16H,7-11H2,1-2H3,(H,22,23,25). The van der Waals surface area contributed by atoms with Crippen LogP contribution in [0.25, 0.3) is 0 Å². The van der Waals surface area contributed by atoms with Crippen LogP contribution in [0.3, 0.4) is 0 Å². The zero-order valence-electron chi connectivity index (χ0n) is 15.8. The Balaban J connectivity index is 1.36. The highest BCUT2D eigenvalue weighted by atomic mass is 16.5. The monoisotopic (exact) mass is 367 g/mol. The lowest BCUT2D eigenvalue weighted by Gasteiger charge is -2.32. The van der Waals surface area contributed by atoms with Crippen LogP contribution in [0.15, 0.2) is 34.9 Å². The fourth-order valence-corrected chi connectivity index (χ4v) is 4.35. The second-order valence-corrected chi connectivity index (χ2v) is 7.75. The van der Waals surface area contributed by atoms with Gasteiger partial charge in [-0.1, -0.05) is 23.4 Å². The number of hydrogen-bond donors (Lipinski definition) is 1. The molecule has 0 radical (unpaired) electrons. The van der Waals surface area contributed by atoms with E-state index in [4.69, 9.17) is 4.52 Å². The maximum atomic E-state index is 13.1. The highest BCUT2D eigenvalue weighted by Crippen LogP contribution is 2.37. The quantitative estimate of drug-likeness (QED) is 0.897. The normalized spacial score (nSPS) is 24.5. The summed E-state index contributed by atoms with van der Waals surface area (Å²) in [6, 6.07) is 10.1. The minimum Gasteiger partial charge on any atom is -0.360 e. The predicted molar refractivity (Wildman–Crippen MR) is 102 cm³/mol. The fraction of sp³-hybridized carbons (Fsp3) is 0.476. The van der Waals surface area contributed by atoms with Crippen molar-refractivity contribution in [2.75, 3.05) is 10.2 Å². The van der Waals surface area contributed by atoms with Crippen LogP contribution in [0.5, 0.6) is 0 Å². The van der Waals surface area contributed by atoms with Gasteiger partial charge in [-0.05, 0) is 57.6 Å². The first-order chi connectivity index (χ1) is 13.0. The van der Waals surface area contributed by atoms with Gasteiger partial charge in [0.15, 0.2) is 5.82 Å². The molecule has 1 atom stereocenters. The van der Waals surface area contributed by atoms with Gasteiger partial charge in [0.1, 0.15) is 5.76 Å². The van der Waals surface area contributed by atoms with Crippen LogP contribution in [0, 0.1) is 18.8 Å². The third-order valence-corrected chi connectivity index (χ3v) is 5.77. The number of nitrogens with zero attached hydrogens (tertiary/aromatic N) is 2. The smallest absolute Gasteiger partial charge is 0.230 e. The second-order valence-electron chi connectivity index (χ2n) is 7.75. The van der Waals surface area contributed by atoms with E-state index in [1.54, 1.807) is 13.0 Å². The molecule has 1 saturated carbocycles. The molecule has 1 aromatic carbocycles. The number of aryl methyl sites for hydroxylation is 1. The number of para-hydroxylation sites is 1. The summed E-state index contributed by atoms with van der Waals surface area (Å²) < 4.78 is 4.98. The number of nitrogens with one attached hydrogen (secondary N) is 1. The number of rotatable bonds is 3. The molecule has 1 aliphatic carbocycles. The largest absolute Gasteiger partial charge is 0.360 e. The fourth-order valence-electron chi connectivity index (χ4n) is 4.35. The molecule has 2 aromatic rings. The molecule has 6 nitrogen and oxygen atoms in total. The first-order valence-corrected chi connectivity index (χ1v) is 9.68. The topological polar surface area (TPSA) is 75.4 Å². The van der Waals surface area contributed by atoms with Crippen LogP contribution in [0.1, 0.15) is 43.9 Å². The summed E-state index contributed by atoms with van der Waals surface area (Å²) in [4.78, 5) is 27.6. The molecule has 2 heterocycles. The summed E-state index contributed by atoms with van der Waals surface area (Å²) >= 11 is 0. The zero-order chi connectivity index (χ0) is 19.0. The molecule has 1 aliphatic heterocycles. The van der Waals surface area contributed by atoms with Crippen LogP contribution in [0.4, 0.5) is 11.5 Å². The molecule has 0 spiro atoms. The first-order valence-electron chi connectivity index (χ1n) is 9.68. The van der Waals surface area contributed by atoms with Crippen molar-refractivity contribution < 1.29 is 14.1 Å². The van der Waals surface area contributed by atoms with Gasteiger partial charge < -0.3 is 14.7 Å². The van der Waals surface area contributed by atoms with E-state index < -0.39 is 0 Å². The van der Waals surface area contributed by atoms with Gasteiger partial charge in [-0.2, -0.15) is 0 Å². The summed E-state index contributed by atoms with van der Waals surface area (Å²) in [6.07, 6.45) is 3.86. The minimum atomic E-state index is -0.0747. The number of anilines is 2. The molecule has 4 rings (SSSR count). The van der Waals surface area contributed by atoms with Gasteiger partial charge in [-0.15, -0.1) is 0 Å². The average Bonchev–Trinajstić information content (AvgIpc) is 3.23. The van der Waals surface area contributed by atoms with Gasteiger partial charge in [-0.25, -0.2) is 0 Å². The van der Waals surface area contributed by atoms with Crippen molar-refractivity contribution >= 4 is 23.3 Å². The summed E-state index contributed by atoms with van der Waals surface area (Å²) in [5.74, 6) is 1.22. The van der Waals surface area contributed by atoms with Gasteiger partial charge in [-0.3, -0.25) is 9.59 Å². The Kier molecular flexibility index (Phi) is 4.72. The molecule has 2 aliphatic rings. The van der Waals surface area contributed by atoms with Crippen molar-refractivity contribution in [3.8, 4) is 0 Å². The predicted octanol–water partition coefficient (Wildman–Crippen LogP) is 3.71. The summed E-state index contributed by atoms with van der Waals surface area (Å²) in [6.45, 7) is 3.90. The molecule has 1 fully saturated rings. The SMILES string of the molecule is Cc1cc(NC(=O)C2CCC(C(=O)N3c4ccccc4CC3C)CC2)no1. The highest BCUT2D eigenvalue weighted by molar-refractivity contribution is 5.98. The Morgan fingerprint density at radius 2 is 1.85 bits per heavy atom. The summed E-state index contributed by atoms with van der Waals surface area (Å²) in [5.41, 5.74) is 2.30. The lowest BCUT2D eigenvalue weighted by atomic mass is 9.80. The van der Waals surface area contributed by atoms with Gasteiger partial charge >= 0.3 is 0 Å². The molecule has 0 bridgehead atoms. The molecule has 2 amide bonds. The van der Waals surface area contributed by atoms with Crippen LogP contribution in [0.2, 0.25) is 0 Å². The van der Waals surface area contributed by atoms with E-state index in [1.807, 2.05) is 23.1 Å². The number of benzene rings is 1. The Morgan fingerprint density at radius 3 is 2.56 bits per heavy atom. The van der Waals surface area contributed by atoms with E-state index in [-0.39, 0.29) is 29.7 Å². The third kappa shape index (κ3) is 3.48. The maximum absolute atomic E-state index is 13.1. The van der Waals surface area contributed by atoms with E-state index >= 15 is 0 Å². The molecular weight excluding hydrogens is 342 g/mol. The summed E-state index contributed by atoms with van der Waals surface area (Å²) in [7, 11) is 0. The molecule has 1 unspecified atom stereocenters. The van der Waals surface area contributed by atoms with E-state index in [0.29, 0.717) is 11.6 Å². The van der Waals surface area contributed by atoms with Crippen molar-refractivity contribution in [3.63, 3.8) is 0 Å². The van der Waals surface area contributed by atoms with E-state index in [2.05, 4.69) is 23.5 Å². The Morgan fingerprint density at radius 1 is 1.15 bits per heavy atom. The van der Waals surface area contributed by atoms with E-state index in [1.165, 1.54) is 5.56 Å². The zero-order valence-corrected chi connectivity index (χ0v) is 15.8. The highest BCUT2D eigenvalue weighted by Gasteiger charge is 2.37. The Labute approximate surface area is 158 Å². The van der Waals surface area contributed by atoms with Crippen LogP contribution >= 0.6 is 0 Å². The van der Waals surface area contributed by atoms with Gasteiger partial charge in [0, 0.05) is 29.6 Å². The molecule has 6 heteroatoms. The molecule has 0 saturated heterocycles. The maximum Gasteiger partial charge on any atom is 0.230 e. The molecule has 142 valence electrons. The molecule has 1 aromatic heterocycles. The van der Waals surface area contributed by atoms with Gasteiger partial charge in [0.2, 0.25) is 11.8 Å². The van der Waals surface area contributed by atoms with Crippen molar-refractivity contribution in [1.29, 1.82) is 0 Å². The second kappa shape index (κ2) is 7.18. The number of amides is 2. The number of carbonyl (C=O) groups excluding carboxylic acids is 2. The molecule has 27 heavy (non-hydrogen) atoms. The van der Waals surface area contributed by atoms with E-state index in [9.17, 15) is 9.59 Å².